The summed E-state index contributed by atoms with van der Waals surface area (Å²) >= 11 is 0. The molecule has 1 aromatic rings. The van der Waals surface area contributed by atoms with Crippen LogP contribution in [0.2, 0.25) is 0 Å². The third kappa shape index (κ3) is 3.10. The number of hydrogen-bond donors (Lipinski definition) is 2. The highest BCUT2D eigenvalue weighted by Gasteiger charge is 2.37. The minimum atomic E-state index is -0.465. The number of rotatable bonds is 3. The molecule has 0 radical (unpaired) electrons. The van der Waals surface area contributed by atoms with E-state index in [1.807, 2.05) is 13.8 Å². The van der Waals surface area contributed by atoms with Crippen LogP contribution in [0.25, 0.3) is 0 Å². The zero-order chi connectivity index (χ0) is 14.8. The summed E-state index contributed by atoms with van der Waals surface area (Å²) in [5, 5.41) is 5.87. The summed E-state index contributed by atoms with van der Waals surface area (Å²) in [6, 6.07) is 3.98. The molecule has 1 aliphatic rings. The topological polar surface area (TPSA) is 50.4 Å². The molecule has 1 amide bonds. The highest BCUT2D eigenvalue weighted by Crippen LogP contribution is 2.31. The van der Waals surface area contributed by atoms with Gasteiger partial charge in [-0.3, -0.25) is 4.79 Å². The summed E-state index contributed by atoms with van der Waals surface area (Å²) in [6.45, 7) is 4.90. The minimum absolute atomic E-state index is 0.141. The Morgan fingerprint density at radius 1 is 1.50 bits per heavy atom. The van der Waals surface area contributed by atoms with Crippen molar-refractivity contribution in [3.63, 3.8) is 0 Å². The van der Waals surface area contributed by atoms with E-state index in [0.717, 1.165) is 19.4 Å². The van der Waals surface area contributed by atoms with E-state index in [1.54, 1.807) is 0 Å². The Balaban J connectivity index is 2.15. The Labute approximate surface area is 118 Å². The fraction of sp³-hybridized carbons (Fsp3) is 0.533. The third-order valence-electron chi connectivity index (χ3n) is 3.82. The van der Waals surface area contributed by atoms with Gasteiger partial charge in [0, 0.05) is 6.07 Å². The zero-order valence-electron chi connectivity index (χ0n) is 12.1. The first-order chi connectivity index (χ1) is 9.44. The van der Waals surface area contributed by atoms with Crippen molar-refractivity contribution in [2.24, 2.45) is 5.41 Å². The van der Waals surface area contributed by atoms with E-state index < -0.39 is 5.82 Å². The molecule has 4 nitrogen and oxygen atoms in total. The number of methoxy groups -OCH3 is 1. The molecule has 1 heterocycles. The van der Waals surface area contributed by atoms with Gasteiger partial charge in [-0.1, -0.05) is 13.8 Å². The van der Waals surface area contributed by atoms with Crippen molar-refractivity contribution >= 4 is 11.6 Å². The number of carbonyl (C=O) groups excluding carboxylic acids is 1. The first-order valence-corrected chi connectivity index (χ1v) is 6.82. The maximum absolute atomic E-state index is 13.7. The van der Waals surface area contributed by atoms with Crippen LogP contribution in [0.15, 0.2) is 18.2 Å². The van der Waals surface area contributed by atoms with Gasteiger partial charge in [0.1, 0.15) is 11.6 Å². The average molecular weight is 280 g/mol. The fourth-order valence-corrected chi connectivity index (χ4v) is 2.59. The van der Waals surface area contributed by atoms with Crippen LogP contribution in [0.5, 0.6) is 5.75 Å². The van der Waals surface area contributed by atoms with Crippen LogP contribution >= 0.6 is 0 Å². The molecule has 2 N–H and O–H groups in total. The van der Waals surface area contributed by atoms with E-state index in [0.29, 0.717) is 5.75 Å². The molecule has 110 valence electrons. The molecular weight excluding hydrogens is 259 g/mol. The Morgan fingerprint density at radius 3 is 2.90 bits per heavy atom. The van der Waals surface area contributed by atoms with Gasteiger partial charge in [0.05, 0.1) is 18.8 Å². The summed E-state index contributed by atoms with van der Waals surface area (Å²) in [5.74, 6) is -0.160. The van der Waals surface area contributed by atoms with E-state index in [4.69, 9.17) is 4.74 Å². The number of benzene rings is 1. The summed E-state index contributed by atoms with van der Waals surface area (Å²) in [4.78, 5) is 12.4. The molecule has 1 saturated heterocycles. The summed E-state index contributed by atoms with van der Waals surface area (Å²) < 4.78 is 18.8. The number of carbonyl (C=O) groups is 1. The average Bonchev–Trinajstić information content (AvgIpc) is 2.40. The van der Waals surface area contributed by atoms with Crippen LogP contribution in [-0.2, 0) is 4.79 Å². The van der Waals surface area contributed by atoms with Crippen molar-refractivity contribution in [2.75, 3.05) is 19.0 Å². The number of halogens is 1. The number of amides is 1. The summed E-state index contributed by atoms with van der Waals surface area (Å²) in [6.07, 6.45) is 2.02. The molecule has 0 spiro atoms. The standard InChI is InChI=1S/C15H21FN2O2/c1-15(2)7-4-8-17-13(15)14(19)18-12-9-10(20-3)5-6-11(12)16/h5-6,9,13,17H,4,7-8H2,1-3H3,(H,18,19). The molecule has 1 fully saturated rings. The normalized spacial score (nSPS) is 21.3. The van der Waals surface area contributed by atoms with Crippen molar-refractivity contribution in [1.29, 1.82) is 0 Å². The molecule has 1 aliphatic heterocycles. The first kappa shape index (κ1) is 14.8. The lowest BCUT2D eigenvalue weighted by atomic mass is 9.77. The number of piperidine rings is 1. The van der Waals surface area contributed by atoms with Crippen LogP contribution in [0.1, 0.15) is 26.7 Å². The lowest BCUT2D eigenvalue weighted by Crippen LogP contribution is -2.53. The SMILES string of the molecule is COc1ccc(F)c(NC(=O)C2NCCCC2(C)C)c1. The van der Waals surface area contributed by atoms with E-state index in [9.17, 15) is 9.18 Å². The highest BCUT2D eigenvalue weighted by atomic mass is 19.1. The maximum atomic E-state index is 13.7. The van der Waals surface area contributed by atoms with Crippen molar-refractivity contribution in [3.8, 4) is 5.75 Å². The number of nitrogens with one attached hydrogen (secondary N) is 2. The number of ether oxygens (including phenoxy) is 1. The number of hydrogen-bond acceptors (Lipinski definition) is 3. The molecule has 1 atom stereocenters. The molecule has 2 rings (SSSR count). The second-order valence-corrected chi connectivity index (χ2v) is 5.81. The minimum Gasteiger partial charge on any atom is -0.497 e. The van der Waals surface area contributed by atoms with Crippen LogP contribution in [0.4, 0.5) is 10.1 Å². The predicted octanol–water partition coefficient (Wildman–Crippen LogP) is 2.55. The Hall–Kier alpha value is -1.62. The molecule has 0 aliphatic carbocycles. The van der Waals surface area contributed by atoms with Gasteiger partial charge in [-0.05, 0) is 36.9 Å². The van der Waals surface area contributed by atoms with Crippen LogP contribution in [-0.4, -0.2) is 25.6 Å². The monoisotopic (exact) mass is 280 g/mol. The smallest absolute Gasteiger partial charge is 0.242 e. The third-order valence-corrected chi connectivity index (χ3v) is 3.82. The molecule has 0 aromatic heterocycles. The van der Waals surface area contributed by atoms with Crippen LogP contribution in [0.3, 0.4) is 0 Å². The Morgan fingerprint density at radius 2 is 2.25 bits per heavy atom. The predicted molar refractivity (Wildman–Crippen MR) is 76.4 cm³/mol. The van der Waals surface area contributed by atoms with E-state index >= 15 is 0 Å². The van der Waals surface area contributed by atoms with Gasteiger partial charge in [-0.2, -0.15) is 0 Å². The van der Waals surface area contributed by atoms with Crippen LogP contribution < -0.4 is 15.4 Å². The van der Waals surface area contributed by atoms with E-state index in [-0.39, 0.29) is 23.1 Å². The summed E-state index contributed by atoms with van der Waals surface area (Å²) in [5.41, 5.74) is 0.00929. The summed E-state index contributed by atoms with van der Waals surface area (Å²) in [7, 11) is 1.50. The zero-order valence-corrected chi connectivity index (χ0v) is 12.1. The molecular formula is C15H21FN2O2. The van der Waals surface area contributed by atoms with Gasteiger partial charge in [-0.15, -0.1) is 0 Å². The lowest BCUT2D eigenvalue weighted by molar-refractivity contribution is -0.121. The van der Waals surface area contributed by atoms with Crippen molar-refractivity contribution in [2.45, 2.75) is 32.7 Å². The van der Waals surface area contributed by atoms with E-state index in [1.165, 1.54) is 25.3 Å². The maximum Gasteiger partial charge on any atom is 0.242 e. The molecule has 20 heavy (non-hydrogen) atoms. The quantitative estimate of drug-likeness (QED) is 0.894. The van der Waals surface area contributed by atoms with Crippen molar-refractivity contribution < 1.29 is 13.9 Å². The molecule has 0 saturated carbocycles. The number of anilines is 1. The first-order valence-electron chi connectivity index (χ1n) is 6.82. The van der Waals surface area contributed by atoms with Crippen molar-refractivity contribution in [1.82, 2.24) is 5.32 Å². The molecule has 5 heteroatoms. The Bertz CT molecular complexity index is 503. The largest absolute Gasteiger partial charge is 0.497 e. The van der Waals surface area contributed by atoms with Gasteiger partial charge in [0.15, 0.2) is 0 Å². The van der Waals surface area contributed by atoms with Crippen molar-refractivity contribution in [3.05, 3.63) is 24.0 Å². The van der Waals surface area contributed by atoms with Gasteiger partial charge >= 0.3 is 0 Å². The van der Waals surface area contributed by atoms with Gasteiger partial charge < -0.3 is 15.4 Å². The van der Waals surface area contributed by atoms with Gasteiger partial charge in [0.2, 0.25) is 5.91 Å². The molecule has 1 aromatic carbocycles. The molecule has 1 unspecified atom stereocenters. The second-order valence-electron chi connectivity index (χ2n) is 5.81. The van der Waals surface area contributed by atoms with Crippen LogP contribution in [0, 0.1) is 11.2 Å². The second kappa shape index (κ2) is 5.79. The van der Waals surface area contributed by atoms with Gasteiger partial charge in [0.25, 0.3) is 0 Å². The lowest BCUT2D eigenvalue weighted by Gasteiger charge is -2.38. The van der Waals surface area contributed by atoms with E-state index in [2.05, 4.69) is 10.6 Å². The Kier molecular flexibility index (Phi) is 4.28. The fourth-order valence-electron chi connectivity index (χ4n) is 2.59. The van der Waals surface area contributed by atoms with Gasteiger partial charge in [-0.25, -0.2) is 4.39 Å². The highest BCUT2D eigenvalue weighted by molar-refractivity contribution is 5.95. The molecule has 0 bridgehead atoms.